The summed E-state index contributed by atoms with van der Waals surface area (Å²) in [5, 5.41) is 0.959. The Hall–Kier alpha value is -2.02. The molecular formula is C20H22N2O2S2. The molecule has 136 valence electrons. The minimum Gasteiger partial charge on any atom is -0.246 e. The lowest BCUT2D eigenvalue weighted by molar-refractivity contribution is 0.581. The monoisotopic (exact) mass is 386 g/mol. The van der Waals surface area contributed by atoms with Crippen LogP contribution in [0.1, 0.15) is 26.7 Å². The van der Waals surface area contributed by atoms with Gasteiger partial charge in [-0.1, -0.05) is 48.5 Å². The van der Waals surface area contributed by atoms with Crippen LogP contribution < -0.4 is 4.72 Å². The molecule has 2 aromatic carbocycles. The summed E-state index contributed by atoms with van der Waals surface area (Å²) in [6.07, 6.45) is 1.45. The molecule has 0 bridgehead atoms. The average Bonchev–Trinajstić information content (AvgIpc) is 2.95. The summed E-state index contributed by atoms with van der Waals surface area (Å²) in [7, 11) is -3.49. The number of aromatic nitrogens is 1. The molecule has 0 amide bonds. The Labute approximate surface area is 159 Å². The van der Waals surface area contributed by atoms with Crippen LogP contribution in [0.5, 0.6) is 0 Å². The smallest absolute Gasteiger partial charge is 0.240 e. The highest BCUT2D eigenvalue weighted by molar-refractivity contribution is 7.89. The predicted molar refractivity (Wildman–Crippen MR) is 106 cm³/mol. The van der Waals surface area contributed by atoms with Gasteiger partial charge < -0.3 is 0 Å². The Balaban J connectivity index is 1.62. The molecule has 1 N–H and O–H groups in total. The summed E-state index contributed by atoms with van der Waals surface area (Å²) in [6, 6.07) is 17.3. The first-order chi connectivity index (χ1) is 12.5. The van der Waals surface area contributed by atoms with Crippen molar-refractivity contribution < 1.29 is 8.42 Å². The maximum Gasteiger partial charge on any atom is 0.240 e. The first-order valence-electron chi connectivity index (χ1n) is 8.50. The predicted octanol–water partition coefficient (Wildman–Crippen LogP) is 3.87. The normalized spacial score (nSPS) is 11.6. The van der Waals surface area contributed by atoms with Gasteiger partial charge in [-0.05, 0) is 31.0 Å². The highest BCUT2D eigenvalue weighted by Crippen LogP contribution is 2.22. The largest absolute Gasteiger partial charge is 0.246 e. The third-order valence-electron chi connectivity index (χ3n) is 4.16. The zero-order chi connectivity index (χ0) is 18.6. The van der Waals surface area contributed by atoms with Crippen LogP contribution in [0.3, 0.4) is 0 Å². The van der Waals surface area contributed by atoms with Gasteiger partial charge in [0.15, 0.2) is 0 Å². The van der Waals surface area contributed by atoms with E-state index in [0.29, 0.717) is 17.9 Å². The molecule has 26 heavy (non-hydrogen) atoms. The van der Waals surface area contributed by atoms with Gasteiger partial charge in [0.05, 0.1) is 15.6 Å². The summed E-state index contributed by atoms with van der Waals surface area (Å²) >= 11 is 1.66. The molecule has 1 aromatic heterocycles. The molecule has 6 heteroatoms. The van der Waals surface area contributed by atoms with E-state index in [-0.39, 0.29) is 0 Å². The SMILES string of the molecule is Cc1ccccc1S(=O)(=O)NCCc1nc(C)c(Cc2ccccc2)s1. The fourth-order valence-electron chi connectivity index (χ4n) is 2.77. The molecule has 1 heterocycles. The van der Waals surface area contributed by atoms with Gasteiger partial charge in [-0.2, -0.15) is 0 Å². The highest BCUT2D eigenvalue weighted by atomic mass is 32.2. The van der Waals surface area contributed by atoms with Crippen molar-refractivity contribution in [2.45, 2.75) is 31.6 Å². The molecule has 4 nitrogen and oxygen atoms in total. The lowest BCUT2D eigenvalue weighted by atomic mass is 10.1. The molecular weight excluding hydrogens is 364 g/mol. The van der Waals surface area contributed by atoms with Gasteiger partial charge in [0.1, 0.15) is 0 Å². The van der Waals surface area contributed by atoms with E-state index in [0.717, 1.165) is 22.7 Å². The van der Waals surface area contributed by atoms with Crippen molar-refractivity contribution in [2.24, 2.45) is 0 Å². The van der Waals surface area contributed by atoms with Gasteiger partial charge >= 0.3 is 0 Å². The molecule has 0 aliphatic heterocycles. The van der Waals surface area contributed by atoms with E-state index < -0.39 is 10.0 Å². The third kappa shape index (κ3) is 4.58. The third-order valence-corrected chi connectivity index (χ3v) is 7.00. The maximum absolute atomic E-state index is 12.4. The maximum atomic E-state index is 12.4. The van der Waals surface area contributed by atoms with E-state index in [1.807, 2.05) is 31.2 Å². The lowest BCUT2D eigenvalue weighted by Gasteiger charge is -2.08. The molecule has 0 radical (unpaired) electrons. The van der Waals surface area contributed by atoms with Crippen LogP contribution in [0, 0.1) is 13.8 Å². The number of nitrogens with one attached hydrogen (secondary N) is 1. The second-order valence-corrected chi connectivity index (χ2v) is 9.10. The average molecular weight is 387 g/mol. The van der Waals surface area contributed by atoms with E-state index in [1.54, 1.807) is 36.5 Å². The minimum atomic E-state index is -3.49. The molecule has 3 rings (SSSR count). The van der Waals surface area contributed by atoms with Crippen molar-refractivity contribution in [3.63, 3.8) is 0 Å². The van der Waals surface area contributed by atoms with Gasteiger partial charge in [0, 0.05) is 24.3 Å². The highest BCUT2D eigenvalue weighted by Gasteiger charge is 2.16. The number of sulfonamides is 1. The van der Waals surface area contributed by atoms with Crippen molar-refractivity contribution in [3.05, 3.63) is 81.3 Å². The van der Waals surface area contributed by atoms with Crippen LogP contribution in [0.2, 0.25) is 0 Å². The van der Waals surface area contributed by atoms with Crippen molar-refractivity contribution in [2.75, 3.05) is 6.54 Å². The quantitative estimate of drug-likeness (QED) is 0.670. The molecule has 0 unspecified atom stereocenters. The summed E-state index contributed by atoms with van der Waals surface area (Å²) < 4.78 is 27.5. The van der Waals surface area contributed by atoms with E-state index in [9.17, 15) is 8.42 Å². The Bertz CT molecular complexity index is 980. The van der Waals surface area contributed by atoms with Gasteiger partial charge in [0.25, 0.3) is 0 Å². The summed E-state index contributed by atoms with van der Waals surface area (Å²) in [4.78, 5) is 6.16. The zero-order valence-corrected chi connectivity index (χ0v) is 16.5. The van der Waals surface area contributed by atoms with Crippen molar-refractivity contribution in [1.82, 2.24) is 9.71 Å². The molecule has 0 aliphatic carbocycles. The summed E-state index contributed by atoms with van der Waals surface area (Å²) in [5.41, 5.74) is 3.02. The Morgan fingerprint density at radius 2 is 1.69 bits per heavy atom. The van der Waals surface area contributed by atoms with Crippen LogP contribution in [0.25, 0.3) is 0 Å². The standard InChI is InChI=1S/C20H22N2O2S2/c1-15-8-6-7-11-19(15)26(23,24)21-13-12-20-22-16(2)18(25-20)14-17-9-4-3-5-10-17/h3-11,21H,12-14H2,1-2H3. The molecule has 0 saturated carbocycles. The molecule has 0 fully saturated rings. The first kappa shape index (κ1) is 18.8. The molecule has 0 spiro atoms. The number of nitrogens with zero attached hydrogens (tertiary/aromatic N) is 1. The van der Waals surface area contributed by atoms with E-state index in [2.05, 4.69) is 21.8 Å². The van der Waals surface area contributed by atoms with Crippen molar-refractivity contribution in [1.29, 1.82) is 0 Å². The Morgan fingerprint density at radius 1 is 1.00 bits per heavy atom. The molecule has 0 atom stereocenters. The Morgan fingerprint density at radius 3 is 2.42 bits per heavy atom. The lowest BCUT2D eigenvalue weighted by Crippen LogP contribution is -2.26. The molecule has 0 aliphatic rings. The van der Waals surface area contributed by atoms with Crippen molar-refractivity contribution >= 4 is 21.4 Å². The fourth-order valence-corrected chi connectivity index (χ4v) is 5.15. The van der Waals surface area contributed by atoms with Gasteiger partial charge in [-0.3, -0.25) is 0 Å². The van der Waals surface area contributed by atoms with E-state index in [4.69, 9.17) is 0 Å². The van der Waals surface area contributed by atoms with Crippen LogP contribution in [0.4, 0.5) is 0 Å². The van der Waals surface area contributed by atoms with Gasteiger partial charge in [-0.25, -0.2) is 18.1 Å². The first-order valence-corrected chi connectivity index (χ1v) is 10.8. The van der Waals surface area contributed by atoms with E-state index >= 15 is 0 Å². The number of hydrogen-bond donors (Lipinski definition) is 1. The van der Waals surface area contributed by atoms with Crippen LogP contribution >= 0.6 is 11.3 Å². The molecule has 3 aromatic rings. The second kappa shape index (κ2) is 8.12. The number of thiazole rings is 1. The van der Waals surface area contributed by atoms with Crippen LogP contribution in [-0.2, 0) is 22.9 Å². The van der Waals surface area contributed by atoms with Crippen LogP contribution in [0.15, 0.2) is 59.5 Å². The van der Waals surface area contributed by atoms with Gasteiger partial charge in [-0.15, -0.1) is 11.3 Å². The number of hydrogen-bond acceptors (Lipinski definition) is 4. The summed E-state index contributed by atoms with van der Waals surface area (Å²) in [6.45, 7) is 4.15. The topological polar surface area (TPSA) is 59.1 Å². The summed E-state index contributed by atoms with van der Waals surface area (Å²) in [5.74, 6) is 0. The van der Waals surface area contributed by atoms with Crippen LogP contribution in [-0.4, -0.2) is 19.9 Å². The second-order valence-electron chi connectivity index (χ2n) is 6.19. The number of aryl methyl sites for hydroxylation is 2. The number of benzene rings is 2. The van der Waals surface area contributed by atoms with E-state index in [1.165, 1.54) is 10.4 Å². The number of rotatable bonds is 7. The van der Waals surface area contributed by atoms with Crippen molar-refractivity contribution in [3.8, 4) is 0 Å². The zero-order valence-electron chi connectivity index (χ0n) is 14.9. The Kier molecular flexibility index (Phi) is 5.86. The van der Waals surface area contributed by atoms with Gasteiger partial charge in [0.2, 0.25) is 10.0 Å². The minimum absolute atomic E-state index is 0.333. The fraction of sp³-hybridized carbons (Fsp3) is 0.250. The molecule has 0 saturated heterocycles.